The smallest absolute Gasteiger partial charge is 0.352 e. The number of carboxylic acids is 2. The van der Waals surface area contributed by atoms with Crippen LogP contribution in [0.3, 0.4) is 0 Å². The number of fused-ring (bicyclic) bond motifs is 1. The average molecular weight is 611 g/mol. The van der Waals surface area contributed by atoms with Crippen LogP contribution in [0.1, 0.15) is 19.0 Å². The lowest BCUT2D eigenvalue weighted by Crippen LogP contribution is -2.71. The summed E-state index contributed by atoms with van der Waals surface area (Å²) in [5.74, 6) is -2.78. The molecule has 1 fully saturated rings. The lowest BCUT2D eigenvalue weighted by atomic mass is 10.0. The Morgan fingerprint density at radius 3 is 2.75 bits per heavy atom. The molecule has 40 heavy (non-hydrogen) atoms. The number of aliphatic imine (C=N–C) groups is 1. The first-order valence-electron chi connectivity index (χ1n) is 11.7. The summed E-state index contributed by atoms with van der Waals surface area (Å²) in [6, 6.07) is -1.03. The van der Waals surface area contributed by atoms with Crippen molar-refractivity contribution in [1.29, 1.82) is 0 Å². The van der Waals surface area contributed by atoms with Gasteiger partial charge in [0, 0.05) is 30.5 Å². The summed E-state index contributed by atoms with van der Waals surface area (Å²) < 4.78 is 0. The molecule has 1 aromatic heterocycles. The minimum atomic E-state index is -1.25. The van der Waals surface area contributed by atoms with Crippen molar-refractivity contribution >= 4 is 74.6 Å². The lowest BCUT2D eigenvalue weighted by molar-refractivity contribution is -0.150. The molecule has 1 saturated heterocycles. The van der Waals surface area contributed by atoms with E-state index in [0.717, 1.165) is 11.3 Å². The van der Waals surface area contributed by atoms with E-state index >= 15 is 0 Å². The molecule has 18 heteroatoms. The quantitative estimate of drug-likeness (QED) is 0.132. The van der Waals surface area contributed by atoms with E-state index in [1.54, 1.807) is 6.08 Å². The van der Waals surface area contributed by atoms with Crippen LogP contribution in [0.2, 0.25) is 0 Å². The van der Waals surface area contributed by atoms with Gasteiger partial charge in [-0.25, -0.2) is 14.8 Å². The number of nitrogens with zero attached hydrogens (tertiary/aromatic N) is 5. The number of hydrogen-bond acceptors (Lipinski definition) is 14. The van der Waals surface area contributed by atoms with Crippen molar-refractivity contribution in [2.45, 2.75) is 30.9 Å². The van der Waals surface area contributed by atoms with Gasteiger partial charge in [0.15, 0.2) is 16.0 Å². The third-order valence-electron chi connectivity index (χ3n) is 5.80. The fourth-order valence-corrected chi connectivity index (χ4v) is 6.90. The summed E-state index contributed by atoms with van der Waals surface area (Å²) >= 11 is 3.69. The number of carbonyl (C=O) groups is 4. The fourth-order valence-electron chi connectivity index (χ4n) is 3.87. The Morgan fingerprint density at radius 2 is 2.10 bits per heavy atom. The van der Waals surface area contributed by atoms with E-state index in [1.165, 1.54) is 40.7 Å². The maximum Gasteiger partial charge on any atom is 0.352 e. The number of thioether (sulfide) groups is 2. The topological polar surface area (TPSA) is 226 Å². The monoisotopic (exact) mass is 610 g/mol. The van der Waals surface area contributed by atoms with Gasteiger partial charge in [-0.1, -0.05) is 16.9 Å². The van der Waals surface area contributed by atoms with Crippen LogP contribution in [0.25, 0.3) is 0 Å². The fraction of sp³-hybridized carbons (Fsp3) is 0.409. The number of β-lactam (4-membered cyclic amide) rings is 1. The third kappa shape index (κ3) is 6.34. The number of nitrogens with one attached hydrogen (secondary N) is 1. The molecule has 15 nitrogen and oxygen atoms in total. The number of rotatable bonds is 10. The number of aromatic nitrogens is 1. The second-order valence-electron chi connectivity index (χ2n) is 8.84. The number of aliphatic carboxylic acids is 2. The van der Waals surface area contributed by atoms with Gasteiger partial charge in [-0.15, -0.1) is 23.1 Å². The van der Waals surface area contributed by atoms with Gasteiger partial charge in [0.25, 0.3) is 11.8 Å². The van der Waals surface area contributed by atoms with E-state index in [-0.39, 0.29) is 34.4 Å². The number of nitrogen functional groups attached to an aromatic ring is 1. The lowest BCUT2D eigenvalue weighted by Gasteiger charge is -2.49. The zero-order valence-electron chi connectivity index (χ0n) is 21.3. The Morgan fingerprint density at radius 1 is 1.35 bits per heavy atom. The molecule has 3 aliphatic rings. The van der Waals surface area contributed by atoms with Crippen LogP contribution >= 0.6 is 34.9 Å². The predicted molar refractivity (Wildman–Crippen MR) is 150 cm³/mol. The SMILES string of the molecule is CC(CC(=O)O)O/N=C(\C(=O)NC1C(=O)N2C(C(=O)O)=C(CSC3=NC(N)=CCN3C)CS[C@@H]12)c1csc(N)n1. The van der Waals surface area contributed by atoms with Gasteiger partial charge in [0.1, 0.15) is 34.7 Å². The highest BCUT2D eigenvalue weighted by Crippen LogP contribution is 2.41. The highest BCUT2D eigenvalue weighted by atomic mass is 32.2. The summed E-state index contributed by atoms with van der Waals surface area (Å²) in [4.78, 5) is 65.9. The van der Waals surface area contributed by atoms with Crippen LogP contribution in [-0.2, 0) is 24.0 Å². The molecule has 0 saturated carbocycles. The van der Waals surface area contributed by atoms with Crippen LogP contribution < -0.4 is 16.8 Å². The molecule has 0 aliphatic carbocycles. The Balaban J connectivity index is 1.48. The third-order valence-corrected chi connectivity index (χ3v) is 8.97. The van der Waals surface area contributed by atoms with Gasteiger partial charge < -0.3 is 36.7 Å². The van der Waals surface area contributed by atoms with Gasteiger partial charge in [-0.3, -0.25) is 19.3 Å². The maximum absolute atomic E-state index is 13.2. The van der Waals surface area contributed by atoms with Crippen molar-refractivity contribution in [2.75, 3.05) is 30.8 Å². The molecular formula is C22H26N8O7S3. The maximum atomic E-state index is 13.2. The van der Waals surface area contributed by atoms with Gasteiger partial charge in [-0.2, -0.15) is 0 Å². The van der Waals surface area contributed by atoms with Gasteiger partial charge in [0.05, 0.1) is 6.42 Å². The number of hydrogen-bond donors (Lipinski definition) is 5. The van der Waals surface area contributed by atoms with Crippen molar-refractivity contribution in [3.63, 3.8) is 0 Å². The molecule has 4 rings (SSSR count). The Hall–Kier alpha value is -3.77. The average Bonchev–Trinajstić information content (AvgIpc) is 3.32. The molecule has 7 N–H and O–H groups in total. The summed E-state index contributed by atoms with van der Waals surface area (Å²) in [5, 5.41) is 26.9. The Labute approximate surface area is 240 Å². The molecule has 0 radical (unpaired) electrons. The van der Waals surface area contributed by atoms with Crippen LogP contribution in [0, 0.1) is 0 Å². The molecular weight excluding hydrogens is 584 g/mol. The van der Waals surface area contributed by atoms with E-state index in [1.807, 2.05) is 11.9 Å². The minimum Gasteiger partial charge on any atom is -0.481 e. The molecule has 0 spiro atoms. The zero-order valence-corrected chi connectivity index (χ0v) is 23.7. The molecule has 4 heterocycles. The highest BCUT2D eigenvalue weighted by molar-refractivity contribution is 8.14. The van der Waals surface area contributed by atoms with E-state index in [0.29, 0.717) is 28.9 Å². The van der Waals surface area contributed by atoms with E-state index in [4.69, 9.17) is 21.4 Å². The number of thiazole rings is 1. The summed E-state index contributed by atoms with van der Waals surface area (Å²) in [5.41, 5.74) is 11.7. The van der Waals surface area contributed by atoms with Crippen molar-refractivity contribution in [2.24, 2.45) is 15.9 Å². The number of amidine groups is 1. The predicted octanol–water partition coefficient (Wildman–Crippen LogP) is -0.117. The number of likely N-dealkylation sites (N-methyl/N-ethyl adjacent to an activating group) is 1. The van der Waals surface area contributed by atoms with Gasteiger partial charge in [0.2, 0.25) is 0 Å². The zero-order chi connectivity index (χ0) is 29.1. The second-order valence-corrected chi connectivity index (χ2v) is 11.8. The van der Waals surface area contributed by atoms with E-state index in [2.05, 4.69) is 20.4 Å². The Bertz CT molecular complexity index is 1360. The summed E-state index contributed by atoms with van der Waals surface area (Å²) in [6.45, 7) is 2.04. The molecule has 3 atom stereocenters. The first kappa shape index (κ1) is 29.2. The standard InChI is InChI=1S/C22H26N8O7S3/c1-9(5-13(31)32)37-28-14(11-8-39-21(24)25-11)17(33)27-15-18(34)30-16(20(35)36)10(6-38-19(15)30)7-40-22-26-12(23)3-4-29(22)2/h3,8-9,15,19H,4-7,23H2,1-2H3,(H2,24,25)(H,27,33)(H,31,32)(H,35,36)/b28-14-/t9?,15?,19-/m0/s1. The van der Waals surface area contributed by atoms with Crippen molar-refractivity contribution in [1.82, 2.24) is 20.1 Å². The molecule has 0 bridgehead atoms. The van der Waals surface area contributed by atoms with Gasteiger partial charge in [-0.05, 0) is 18.6 Å². The number of amides is 2. The Kier molecular flexibility index (Phi) is 8.89. The number of carboxylic acid groups (broad SMARTS) is 2. The van der Waals surface area contributed by atoms with E-state index < -0.39 is 41.3 Å². The molecule has 3 aliphatic heterocycles. The molecule has 0 aromatic carbocycles. The van der Waals surface area contributed by atoms with E-state index in [9.17, 15) is 24.3 Å². The first-order chi connectivity index (χ1) is 19.0. The van der Waals surface area contributed by atoms with Crippen LogP contribution in [0.5, 0.6) is 0 Å². The number of nitrogens with two attached hydrogens (primary N) is 2. The van der Waals surface area contributed by atoms with Crippen LogP contribution in [0.15, 0.2) is 38.7 Å². The second kappa shape index (κ2) is 12.2. The van der Waals surface area contributed by atoms with Gasteiger partial charge >= 0.3 is 11.9 Å². The molecule has 1 aromatic rings. The van der Waals surface area contributed by atoms with Crippen molar-refractivity contribution in [3.8, 4) is 0 Å². The summed E-state index contributed by atoms with van der Waals surface area (Å²) in [7, 11) is 1.84. The number of carbonyl (C=O) groups excluding carboxylic acids is 2. The normalized spacial score (nSPS) is 21.6. The molecule has 2 amide bonds. The highest BCUT2D eigenvalue weighted by Gasteiger charge is 2.54. The van der Waals surface area contributed by atoms with Crippen LogP contribution in [0.4, 0.5) is 5.13 Å². The molecule has 2 unspecified atom stereocenters. The largest absolute Gasteiger partial charge is 0.481 e. The summed E-state index contributed by atoms with van der Waals surface area (Å²) in [6.07, 6.45) is 0.561. The minimum absolute atomic E-state index is 0.0824. The number of oxime groups is 1. The van der Waals surface area contributed by atoms with Crippen molar-refractivity contribution in [3.05, 3.63) is 34.2 Å². The van der Waals surface area contributed by atoms with Crippen LogP contribution in [-0.4, -0.2) is 102 Å². The number of anilines is 1. The first-order valence-corrected chi connectivity index (χ1v) is 14.6. The molecule has 214 valence electrons. The van der Waals surface area contributed by atoms with Crippen molar-refractivity contribution < 1.29 is 34.2 Å².